The number of carbonyl (C=O) groups is 1. The van der Waals surface area contributed by atoms with Gasteiger partial charge in [-0.05, 0) is 12.1 Å². The summed E-state index contributed by atoms with van der Waals surface area (Å²) in [5.74, 6) is -1.64. The summed E-state index contributed by atoms with van der Waals surface area (Å²) < 4.78 is 18.1. The number of nitrogens with zero attached hydrogens (tertiary/aromatic N) is 1. The molecule has 72 valence electrons. The van der Waals surface area contributed by atoms with E-state index in [2.05, 4.69) is 4.98 Å². The van der Waals surface area contributed by atoms with Crippen molar-refractivity contribution in [3.05, 3.63) is 23.5 Å². The molecule has 0 bridgehead atoms. The van der Waals surface area contributed by atoms with Crippen molar-refractivity contribution in [1.29, 1.82) is 0 Å². The van der Waals surface area contributed by atoms with Gasteiger partial charge in [0.2, 0.25) is 0 Å². The number of fused-ring (bicyclic) bond motifs is 1. The van der Waals surface area contributed by atoms with Gasteiger partial charge in [-0.1, -0.05) is 0 Å². The third-order valence-corrected chi connectivity index (χ3v) is 1.77. The zero-order chi connectivity index (χ0) is 10.3. The third kappa shape index (κ3) is 1.08. The summed E-state index contributed by atoms with van der Waals surface area (Å²) in [4.78, 5) is 14.6. The topological polar surface area (TPSA) is 95.1 Å². The molecule has 0 aliphatic carbocycles. The van der Waals surface area contributed by atoms with Gasteiger partial charge in [0.25, 0.3) is 11.9 Å². The maximum atomic E-state index is 13.2. The fraction of sp³-hybridized carbons (Fsp3) is 0. The molecule has 0 radical (unpaired) electrons. The fourth-order valence-corrected chi connectivity index (χ4v) is 1.22. The third-order valence-electron chi connectivity index (χ3n) is 1.77. The number of nitrogen functional groups attached to an aromatic ring is 1. The molecule has 2 rings (SSSR count). The number of amides is 1. The number of hydrogen-bond acceptors (Lipinski definition) is 4. The van der Waals surface area contributed by atoms with Crippen LogP contribution in [0.25, 0.3) is 11.1 Å². The standard InChI is InChI=1S/C8H6FN3O2/c9-3-1-2-4-6(5(3)7(10)13)12-8(11)14-4/h1-2H,(H2,10,13)(H2,11,12). The average molecular weight is 195 g/mol. The molecule has 14 heavy (non-hydrogen) atoms. The molecule has 4 N–H and O–H groups in total. The zero-order valence-electron chi connectivity index (χ0n) is 6.95. The van der Waals surface area contributed by atoms with Gasteiger partial charge in [0.1, 0.15) is 16.9 Å². The van der Waals surface area contributed by atoms with E-state index < -0.39 is 11.7 Å². The molecule has 1 amide bonds. The van der Waals surface area contributed by atoms with Gasteiger partial charge in [0.15, 0.2) is 5.58 Å². The summed E-state index contributed by atoms with van der Waals surface area (Å²) in [6, 6.07) is 2.28. The Morgan fingerprint density at radius 1 is 1.50 bits per heavy atom. The first kappa shape index (κ1) is 8.49. The van der Waals surface area contributed by atoms with Crippen molar-refractivity contribution in [3.63, 3.8) is 0 Å². The van der Waals surface area contributed by atoms with E-state index in [4.69, 9.17) is 15.9 Å². The number of benzene rings is 1. The minimum atomic E-state index is -0.901. The lowest BCUT2D eigenvalue weighted by atomic mass is 10.1. The summed E-state index contributed by atoms with van der Waals surface area (Å²) in [6.07, 6.45) is 0. The first-order chi connectivity index (χ1) is 6.59. The fourth-order valence-electron chi connectivity index (χ4n) is 1.22. The highest BCUT2D eigenvalue weighted by molar-refractivity contribution is 6.04. The highest BCUT2D eigenvalue weighted by Gasteiger charge is 2.16. The number of aromatic nitrogens is 1. The summed E-state index contributed by atoms with van der Waals surface area (Å²) in [5.41, 5.74) is 10.2. The second kappa shape index (κ2) is 2.69. The molecule has 0 aliphatic heterocycles. The number of oxazole rings is 1. The lowest BCUT2D eigenvalue weighted by Crippen LogP contribution is -2.13. The maximum Gasteiger partial charge on any atom is 0.293 e. The van der Waals surface area contributed by atoms with Gasteiger partial charge < -0.3 is 15.9 Å². The van der Waals surface area contributed by atoms with Gasteiger partial charge in [0.05, 0.1) is 0 Å². The van der Waals surface area contributed by atoms with Crippen LogP contribution in [0.4, 0.5) is 10.4 Å². The van der Waals surface area contributed by atoms with Crippen LogP contribution in [0.5, 0.6) is 0 Å². The Bertz CT molecular complexity index is 521. The monoisotopic (exact) mass is 195 g/mol. The number of rotatable bonds is 1. The van der Waals surface area contributed by atoms with Crippen molar-refractivity contribution in [1.82, 2.24) is 4.98 Å². The van der Waals surface area contributed by atoms with Gasteiger partial charge >= 0.3 is 0 Å². The van der Waals surface area contributed by atoms with Crippen molar-refractivity contribution in [2.75, 3.05) is 5.73 Å². The summed E-state index contributed by atoms with van der Waals surface area (Å²) in [7, 11) is 0. The smallest absolute Gasteiger partial charge is 0.293 e. The molecule has 0 fully saturated rings. The number of halogens is 1. The zero-order valence-corrected chi connectivity index (χ0v) is 6.95. The lowest BCUT2D eigenvalue weighted by molar-refractivity contribution is 0.0998. The molecule has 0 unspecified atom stereocenters. The van der Waals surface area contributed by atoms with Crippen LogP contribution >= 0.6 is 0 Å². The van der Waals surface area contributed by atoms with Crippen LogP contribution in [-0.4, -0.2) is 10.9 Å². The van der Waals surface area contributed by atoms with E-state index in [1.807, 2.05) is 0 Å². The molecule has 0 saturated carbocycles. The van der Waals surface area contributed by atoms with Gasteiger partial charge in [-0.2, -0.15) is 4.98 Å². The minimum Gasteiger partial charge on any atom is -0.424 e. The second-order valence-corrected chi connectivity index (χ2v) is 2.69. The summed E-state index contributed by atoms with van der Waals surface area (Å²) in [5, 5.41) is 0. The quantitative estimate of drug-likeness (QED) is 0.698. The van der Waals surface area contributed by atoms with Crippen LogP contribution in [0.2, 0.25) is 0 Å². The average Bonchev–Trinajstić information content (AvgIpc) is 2.43. The van der Waals surface area contributed by atoms with Crippen LogP contribution in [0.15, 0.2) is 16.5 Å². The van der Waals surface area contributed by atoms with Crippen LogP contribution in [-0.2, 0) is 0 Å². The predicted octanol–water partition coefficient (Wildman–Crippen LogP) is 0.648. The molecule has 1 aromatic carbocycles. The van der Waals surface area contributed by atoms with Crippen molar-refractivity contribution in [3.8, 4) is 0 Å². The van der Waals surface area contributed by atoms with E-state index in [1.165, 1.54) is 6.07 Å². The highest BCUT2D eigenvalue weighted by Crippen LogP contribution is 2.22. The number of nitrogens with two attached hydrogens (primary N) is 2. The molecule has 0 atom stereocenters. The number of anilines is 1. The first-order valence-electron chi connectivity index (χ1n) is 3.74. The van der Waals surface area contributed by atoms with Crippen molar-refractivity contribution >= 4 is 23.0 Å². The molecule has 1 heterocycles. The molecule has 2 aromatic rings. The SMILES string of the molecule is NC(=O)c1c(F)ccc2oc(N)nc12. The van der Waals surface area contributed by atoms with E-state index in [1.54, 1.807) is 0 Å². The van der Waals surface area contributed by atoms with Gasteiger partial charge in [-0.15, -0.1) is 0 Å². The Kier molecular flexibility index (Phi) is 1.63. The minimum absolute atomic E-state index is 0.0509. The Hall–Kier alpha value is -2.11. The molecule has 6 heteroatoms. The van der Waals surface area contributed by atoms with E-state index in [9.17, 15) is 9.18 Å². The summed E-state index contributed by atoms with van der Waals surface area (Å²) in [6.45, 7) is 0. The van der Waals surface area contributed by atoms with Crippen molar-refractivity contribution in [2.24, 2.45) is 5.73 Å². The number of primary amides is 1. The molecule has 0 saturated heterocycles. The Balaban J connectivity index is 2.88. The molecular weight excluding hydrogens is 189 g/mol. The van der Waals surface area contributed by atoms with Gasteiger partial charge in [-0.3, -0.25) is 4.79 Å². The Morgan fingerprint density at radius 3 is 2.86 bits per heavy atom. The number of carbonyl (C=O) groups excluding carboxylic acids is 1. The molecule has 5 nitrogen and oxygen atoms in total. The second-order valence-electron chi connectivity index (χ2n) is 2.69. The van der Waals surface area contributed by atoms with E-state index in [0.717, 1.165) is 6.07 Å². The first-order valence-corrected chi connectivity index (χ1v) is 3.74. The van der Waals surface area contributed by atoms with Crippen LogP contribution in [0.1, 0.15) is 10.4 Å². The molecule has 0 aliphatic rings. The molecule has 1 aromatic heterocycles. The molecular formula is C8H6FN3O2. The highest BCUT2D eigenvalue weighted by atomic mass is 19.1. The molecule has 0 spiro atoms. The Labute approximate surface area is 77.5 Å². The van der Waals surface area contributed by atoms with Crippen molar-refractivity contribution < 1.29 is 13.6 Å². The van der Waals surface area contributed by atoms with Gasteiger partial charge in [0, 0.05) is 0 Å². The van der Waals surface area contributed by atoms with Crippen LogP contribution in [0, 0.1) is 5.82 Å². The van der Waals surface area contributed by atoms with Gasteiger partial charge in [-0.25, -0.2) is 4.39 Å². The van der Waals surface area contributed by atoms with Crippen LogP contribution < -0.4 is 11.5 Å². The predicted molar refractivity (Wildman–Crippen MR) is 46.9 cm³/mol. The summed E-state index contributed by atoms with van der Waals surface area (Å²) >= 11 is 0. The largest absolute Gasteiger partial charge is 0.424 e. The van der Waals surface area contributed by atoms with E-state index >= 15 is 0 Å². The number of hydrogen-bond donors (Lipinski definition) is 2. The normalized spacial score (nSPS) is 10.6. The maximum absolute atomic E-state index is 13.2. The van der Waals surface area contributed by atoms with Crippen molar-refractivity contribution in [2.45, 2.75) is 0 Å². The van der Waals surface area contributed by atoms with E-state index in [0.29, 0.717) is 0 Å². The van der Waals surface area contributed by atoms with Crippen LogP contribution in [0.3, 0.4) is 0 Å². The van der Waals surface area contributed by atoms with E-state index in [-0.39, 0.29) is 22.7 Å². The lowest BCUT2D eigenvalue weighted by Gasteiger charge is -1.96. The Morgan fingerprint density at radius 2 is 2.21 bits per heavy atom.